The Bertz CT molecular complexity index is 243. The van der Waals surface area contributed by atoms with Gasteiger partial charge in [-0.2, -0.15) is 0 Å². The van der Waals surface area contributed by atoms with Gasteiger partial charge in [-0.3, -0.25) is 5.41 Å². The number of benzene rings is 1. The van der Waals surface area contributed by atoms with Gasteiger partial charge in [-0.05, 0) is 18.6 Å². The van der Waals surface area contributed by atoms with E-state index in [0.29, 0.717) is 12.3 Å². The van der Waals surface area contributed by atoms with E-state index in [1.165, 1.54) is 0 Å². The maximum atomic E-state index is 7.40. The van der Waals surface area contributed by atoms with E-state index in [2.05, 4.69) is 0 Å². The Morgan fingerprint density at radius 1 is 1.33 bits per heavy atom. The Kier molecular flexibility index (Phi) is 3.33. The van der Waals surface area contributed by atoms with Gasteiger partial charge in [0.05, 0.1) is 0 Å². The second-order valence-corrected chi connectivity index (χ2v) is 2.59. The van der Waals surface area contributed by atoms with E-state index >= 15 is 0 Å². The van der Waals surface area contributed by atoms with Gasteiger partial charge < -0.3 is 4.74 Å². The number of para-hydroxylation sites is 1. The summed E-state index contributed by atoms with van der Waals surface area (Å²) in [5.41, 5.74) is 0. The summed E-state index contributed by atoms with van der Waals surface area (Å²) in [5.74, 6) is 1.08. The highest BCUT2D eigenvalue weighted by molar-refractivity contribution is 5.75. The standard InChI is InChI=1S/C10H13NO/c1-2-6-10(11)12-9-7-4-3-5-8-9/h3-5,7-8,11H,2,6H2,1H3. The van der Waals surface area contributed by atoms with E-state index in [-0.39, 0.29) is 0 Å². The van der Waals surface area contributed by atoms with Gasteiger partial charge in [0.1, 0.15) is 5.75 Å². The lowest BCUT2D eigenvalue weighted by Gasteiger charge is -2.04. The first-order valence-electron chi connectivity index (χ1n) is 4.13. The topological polar surface area (TPSA) is 33.1 Å². The van der Waals surface area contributed by atoms with Crippen LogP contribution in [-0.4, -0.2) is 5.90 Å². The van der Waals surface area contributed by atoms with Crippen LogP contribution < -0.4 is 4.74 Å². The van der Waals surface area contributed by atoms with Gasteiger partial charge in [-0.1, -0.05) is 25.1 Å². The molecular weight excluding hydrogens is 150 g/mol. The van der Waals surface area contributed by atoms with Crippen molar-refractivity contribution in [2.75, 3.05) is 0 Å². The molecule has 0 amide bonds. The molecule has 0 spiro atoms. The quantitative estimate of drug-likeness (QED) is 0.539. The molecule has 1 aromatic rings. The predicted octanol–water partition coefficient (Wildman–Crippen LogP) is 2.84. The zero-order valence-corrected chi connectivity index (χ0v) is 7.21. The van der Waals surface area contributed by atoms with Crippen molar-refractivity contribution in [3.8, 4) is 5.75 Å². The molecule has 0 aliphatic rings. The minimum Gasteiger partial charge on any atom is -0.444 e. The lowest BCUT2D eigenvalue weighted by atomic mass is 10.3. The lowest BCUT2D eigenvalue weighted by Crippen LogP contribution is -2.05. The molecule has 64 valence electrons. The summed E-state index contributed by atoms with van der Waals surface area (Å²) < 4.78 is 5.24. The van der Waals surface area contributed by atoms with Crippen LogP contribution in [0.5, 0.6) is 5.75 Å². The molecule has 2 heteroatoms. The van der Waals surface area contributed by atoms with Crippen molar-refractivity contribution in [2.24, 2.45) is 0 Å². The maximum absolute atomic E-state index is 7.40. The molecule has 0 unspecified atom stereocenters. The van der Waals surface area contributed by atoms with Crippen molar-refractivity contribution >= 4 is 5.90 Å². The Morgan fingerprint density at radius 3 is 2.58 bits per heavy atom. The van der Waals surface area contributed by atoms with E-state index in [0.717, 1.165) is 12.2 Å². The second-order valence-electron chi connectivity index (χ2n) is 2.59. The van der Waals surface area contributed by atoms with E-state index < -0.39 is 0 Å². The Labute approximate surface area is 72.7 Å². The van der Waals surface area contributed by atoms with E-state index in [1.807, 2.05) is 37.3 Å². The van der Waals surface area contributed by atoms with Crippen LogP contribution in [0.15, 0.2) is 30.3 Å². The summed E-state index contributed by atoms with van der Waals surface area (Å²) in [6.45, 7) is 2.03. The van der Waals surface area contributed by atoms with Crippen molar-refractivity contribution in [3.05, 3.63) is 30.3 Å². The van der Waals surface area contributed by atoms with E-state index in [4.69, 9.17) is 10.1 Å². The Hall–Kier alpha value is -1.31. The molecule has 12 heavy (non-hydrogen) atoms. The third kappa shape index (κ3) is 2.74. The first-order chi connectivity index (χ1) is 5.83. The minimum atomic E-state index is 0.337. The highest BCUT2D eigenvalue weighted by Gasteiger charge is 1.96. The van der Waals surface area contributed by atoms with Crippen molar-refractivity contribution in [1.29, 1.82) is 5.41 Å². The fourth-order valence-electron chi connectivity index (χ4n) is 0.909. The first-order valence-corrected chi connectivity index (χ1v) is 4.13. The average molecular weight is 163 g/mol. The zero-order chi connectivity index (χ0) is 8.81. The Balaban J connectivity index is 2.47. The molecular formula is C10H13NO. The van der Waals surface area contributed by atoms with Gasteiger partial charge in [-0.25, -0.2) is 0 Å². The van der Waals surface area contributed by atoms with Crippen molar-refractivity contribution in [3.63, 3.8) is 0 Å². The molecule has 0 fully saturated rings. The fourth-order valence-corrected chi connectivity index (χ4v) is 0.909. The molecule has 0 bridgehead atoms. The van der Waals surface area contributed by atoms with Crippen LogP contribution in [0.4, 0.5) is 0 Å². The summed E-state index contributed by atoms with van der Waals surface area (Å²) in [5, 5.41) is 7.40. The number of nitrogens with one attached hydrogen (secondary N) is 1. The SMILES string of the molecule is CCCC(=N)Oc1ccccc1. The van der Waals surface area contributed by atoms with Gasteiger partial charge >= 0.3 is 0 Å². The van der Waals surface area contributed by atoms with Gasteiger partial charge in [0, 0.05) is 6.42 Å². The van der Waals surface area contributed by atoms with Gasteiger partial charge in [0.25, 0.3) is 0 Å². The molecule has 0 atom stereocenters. The molecule has 0 aromatic heterocycles. The molecule has 1 N–H and O–H groups in total. The molecule has 0 aliphatic heterocycles. The zero-order valence-electron chi connectivity index (χ0n) is 7.21. The van der Waals surface area contributed by atoms with Crippen LogP contribution in [0.3, 0.4) is 0 Å². The number of rotatable bonds is 3. The van der Waals surface area contributed by atoms with E-state index in [1.54, 1.807) is 0 Å². The third-order valence-electron chi connectivity index (χ3n) is 1.46. The lowest BCUT2D eigenvalue weighted by molar-refractivity contribution is 0.524. The number of hydrogen-bond acceptors (Lipinski definition) is 2. The largest absolute Gasteiger partial charge is 0.444 e. The molecule has 1 aromatic carbocycles. The first kappa shape index (κ1) is 8.78. The molecule has 0 heterocycles. The number of hydrogen-bond donors (Lipinski definition) is 1. The molecule has 2 nitrogen and oxygen atoms in total. The van der Waals surface area contributed by atoms with Crippen LogP contribution in [0.1, 0.15) is 19.8 Å². The van der Waals surface area contributed by atoms with Gasteiger partial charge in [0.15, 0.2) is 5.90 Å². The van der Waals surface area contributed by atoms with Gasteiger partial charge in [-0.15, -0.1) is 0 Å². The summed E-state index contributed by atoms with van der Waals surface area (Å²) in [6, 6.07) is 9.42. The normalized spacial score (nSPS) is 9.42. The maximum Gasteiger partial charge on any atom is 0.187 e. The minimum absolute atomic E-state index is 0.337. The van der Waals surface area contributed by atoms with Crippen LogP contribution in [-0.2, 0) is 0 Å². The van der Waals surface area contributed by atoms with Crippen LogP contribution in [0.25, 0.3) is 0 Å². The highest BCUT2D eigenvalue weighted by atomic mass is 16.5. The monoisotopic (exact) mass is 163 g/mol. The predicted molar refractivity (Wildman–Crippen MR) is 49.7 cm³/mol. The van der Waals surface area contributed by atoms with Crippen molar-refractivity contribution in [1.82, 2.24) is 0 Å². The summed E-state index contributed by atoms with van der Waals surface area (Å²) in [6.07, 6.45) is 1.65. The molecule has 0 saturated carbocycles. The molecule has 0 saturated heterocycles. The van der Waals surface area contributed by atoms with Crippen molar-refractivity contribution < 1.29 is 4.74 Å². The van der Waals surface area contributed by atoms with E-state index in [9.17, 15) is 0 Å². The van der Waals surface area contributed by atoms with Gasteiger partial charge in [0.2, 0.25) is 0 Å². The van der Waals surface area contributed by atoms with Crippen LogP contribution in [0, 0.1) is 5.41 Å². The highest BCUT2D eigenvalue weighted by Crippen LogP contribution is 2.09. The summed E-state index contributed by atoms with van der Waals surface area (Å²) in [4.78, 5) is 0. The third-order valence-corrected chi connectivity index (χ3v) is 1.46. The smallest absolute Gasteiger partial charge is 0.187 e. The fraction of sp³-hybridized carbons (Fsp3) is 0.300. The van der Waals surface area contributed by atoms with Crippen LogP contribution >= 0.6 is 0 Å². The van der Waals surface area contributed by atoms with Crippen molar-refractivity contribution in [2.45, 2.75) is 19.8 Å². The molecule has 1 rings (SSSR count). The molecule has 0 aliphatic carbocycles. The van der Waals surface area contributed by atoms with Crippen LogP contribution in [0.2, 0.25) is 0 Å². The Morgan fingerprint density at radius 2 is 2.00 bits per heavy atom. The summed E-state index contributed by atoms with van der Waals surface area (Å²) in [7, 11) is 0. The molecule has 0 radical (unpaired) electrons. The number of ether oxygens (including phenoxy) is 1. The average Bonchev–Trinajstić information content (AvgIpc) is 2.06. The summed E-state index contributed by atoms with van der Waals surface area (Å²) >= 11 is 0. The second kappa shape index (κ2) is 4.54.